The number of hydrogen-bond acceptors (Lipinski definition) is 6. The molecule has 0 radical (unpaired) electrons. The number of carbonyl (C=O) groups is 3. The van der Waals surface area contributed by atoms with E-state index in [0.717, 1.165) is 77.0 Å². The lowest BCUT2D eigenvalue weighted by Crippen LogP contribution is -2.30. The van der Waals surface area contributed by atoms with E-state index in [0.29, 0.717) is 12.8 Å². The highest BCUT2D eigenvalue weighted by molar-refractivity contribution is 5.71. The van der Waals surface area contributed by atoms with Gasteiger partial charge in [0.15, 0.2) is 6.10 Å². The van der Waals surface area contributed by atoms with Crippen LogP contribution in [0.5, 0.6) is 0 Å². The highest BCUT2D eigenvalue weighted by atomic mass is 16.6. The molecule has 6 nitrogen and oxygen atoms in total. The first-order valence-electron chi connectivity index (χ1n) is 26.5. The molecule has 0 aromatic rings. The molecule has 0 saturated heterocycles. The number of rotatable bonds is 47. The van der Waals surface area contributed by atoms with Crippen LogP contribution in [0.4, 0.5) is 0 Å². The Balaban J connectivity index is 4.53. The van der Waals surface area contributed by atoms with Crippen molar-refractivity contribution in [2.45, 2.75) is 258 Å². The maximum absolute atomic E-state index is 12.8. The maximum atomic E-state index is 12.8. The van der Waals surface area contributed by atoms with Crippen molar-refractivity contribution in [1.82, 2.24) is 0 Å². The first-order valence-corrected chi connectivity index (χ1v) is 26.5. The van der Waals surface area contributed by atoms with Gasteiger partial charge in [0.2, 0.25) is 0 Å². The molecule has 0 aliphatic carbocycles. The normalized spacial score (nSPS) is 12.6. The number of hydrogen-bond donors (Lipinski definition) is 0. The van der Waals surface area contributed by atoms with Gasteiger partial charge in [-0.3, -0.25) is 14.4 Å². The lowest BCUT2D eigenvalue weighted by Gasteiger charge is -2.18. The second-order valence-electron chi connectivity index (χ2n) is 17.5. The van der Waals surface area contributed by atoms with Crippen LogP contribution in [0.25, 0.3) is 0 Å². The van der Waals surface area contributed by atoms with Crippen molar-refractivity contribution in [3.05, 3.63) is 72.9 Å². The molecule has 0 aromatic carbocycles. The fourth-order valence-corrected chi connectivity index (χ4v) is 7.18. The Hall–Kier alpha value is -3.15. The number of allylic oxidation sites excluding steroid dienone is 12. The lowest BCUT2D eigenvalue weighted by atomic mass is 10.1. The van der Waals surface area contributed by atoms with Gasteiger partial charge in [0, 0.05) is 19.3 Å². The van der Waals surface area contributed by atoms with Gasteiger partial charge >= 0.3 is 17.9 Å². The Morgan fingerprint density at radius 2 is 0.651 bits per heavy atom. The van der Waals surface area contributed by atoms with Gasteiger partial charge in [0.1, 0.15) is 13.2 Å². The second-order valence-corrected chi connectivity index (χ2v) is 17.5. The first-order chi connectivity index (χ1) is 31.0. The molecule has 6 heteroatoms. The highest BCUT2D eigenvalue weighted by Gasteiger charge is 2.19. The van der Waals surface area contributed by atoms with Crippen molar-refractivity contribution in [2.24, 2.45) is 0 Å². The summed E-state index contributed by atoms with van der Waals surface area (Å²) < 4.78 is 16.7. The SMILES string of the molecule is CCCCCCCC/C=C\C/C=C\CCC(=O)OCC(COC(=O)CCCCC/C=C\C=C/CCCCCCCCC)OC(=O)CCCCC/C=C\C=C/CCCCCCCCC. The molecule has 0 aliphatic heterocycles. The van der Waals surface area contributed by atoms with Crippen LogP contribution in [0, 0.1) is 0 Å². The number of esters is 3. The Morgan fingerprint density at radius 3 is 1.06 bits per heavy atom. The molecular formula is C57H98O6. The van der Waals surface area contributed by atoms with Crippen molar-refractivity contribution < 1.29 is 28.6 Å². The minimum absolute atomic E-state index is 0.117. The zero-order chi connectivity index (χ0) is 45.8. The van der Waals surface area contributed by atoms with Crippen LogP contribution in [-0.2, 0) is 28.6 Å². The Bertz CT molecular complexity index is 1190. The van der Waals surface area contributed by atoms with E-state index in [4.69, 9.17) is 14.2 Å². The Labute approximate surface area is 389 Å². The van der Waals surface area contributed by atoms with Crippen molar-refractivity contribution in [3.63, 3.8) is 0 Å². The molecule has 1 unspecified atom stereocenters. The minimum Gasteiger partial charge on any atom is -0.462 e. The first kappa shape index (κ1) is 59.9. The minimum atomic E-state index is -0.822. The molecule has 0 amide bonds. The quantitative estimate of drug-likeness (QED) is 0.0199. The van der Waals surface area contributed by atoms with Crippen molar-refractivity contribution in [2.75, 3.05) is 13.2 Å². The van der Waals surface area contributed by atoms with E-state index in [2.05, 4.69) is 87.6 Å². The van der Waals surface area contributed by atoms with Crippen molar-refractivity contribution >= 4 is 17.9 Å². The second kappa shape index (κ2) is 51.5. The molecule has 0 bridgehead atoms. The van der Waals surface area contributed by atoms with Crippen molar-refractivity contribution in [1.29, 1.82) is 0 Å². The van der Waals surface area contributed by atoms with E-state index < -0.39 is 6.10 Å². The van der Waals surface area contributed by atoms with Gasteiger partial charge in [-0.15, -0.1) is 0 Å². The van der Waals surface area contributed by atoms with Crippen LogP contribution in [0.2, 0.25) is 0 Å². The maximum Gasteiger partial charge on any atom is 0.306 e. The molecule has 0 aliphatic rings. The molecule has 0 heterocycles. The summed E-state index contributed by atoms with van der Waals surface area (Å²) in [5, 5.41) is 0. The van der Waals surface area contributed by atoms with E-state index in [9.17, 15) is 14.4 Å². The summed E-state index contributed by atoms with van der Waals surface area (Å²) in [4.78, 5) is 37.9. The fraction of sp³-hybridized carbons (Fsp3) is 0.737. The summed E-state index contributed by atoms with van der Waals surface area (Å²) in [7, 11) is 0. The highest BCUT2D eigenvalue weighted by Crippen LogP contribution is 2.13. The zero-order valence-corrected chi connectivity index (χ0v) is 41.3. The van der Waals surface area contributed by atoms with Gasteiger partial charge in [-0.05, 0) is 89.9 Å². The third kappa shape index (κ3) is 49.7. The van der Waals surface area contributed by atoms with Crippen molar-refractivity contribution in [3.8, 4) is 0 Å². The standard InChI is InChI=1S/C57H98O6/c1-4-7-10-13-16-19-22-25-27-29-32-35-38-41-44-47-50-56(59)62-53-54(52-61-55(58)49-46-43-40-37-34-31-24-21-18-15-12-9-6-3)63-57(60)51-48-45-42-39-36-33-30-28-26-23-20-17-14-11-8-5-2/h27-36,40,43,54H,4-26,37-39,41-42,44-53H2,1-3H3/b29-27-,30-28-,34-31-,35-32-,36-33-,43-40-. The number of ether oxygens (including phenoxy) is 3. The third-order valence-electron chi connectivity index (χ3n) is 11.2. The Kier molecular flexibility index (Phi) is 48.9. The fourth-order valence-electron chi connectivity index (χ4n) is 7.18. The molecule has 362 valence electrons. The van der Waals surface area contributed by atoms with Crippen LogP contribution < -0.4 is 0 Å². The Morgan fingerprint density at radius 1 is 0.333 bits per heavy atom. The molecule has 0 saturated carbocycles. The van der Waals surface area contributed by atoms with E-state index in [1.54, 1.807) is 0 Å². The van der Waals surface area contributed by atoms with Gasteiger partial charge in [0.05, 0.1) is 0 Å². The van der Waals surface area contributed by atoms with Gasteiger partial charge in [0.25, 0.3) is 0 Å². The van der Waals surface area contributed by atoms with E-state index in [1.165, 1.54) is 128 Å². The molecule has 1 atom stereocenters. The lowest BCUT2D eigenvalue weighted by molar-refractivity contribution is -0.166. The van der Waals surface area contributed by atoms with E-state index >= 15 is 0 Å². The predicted molar refractivity (Wildman–Crippen MR) is 270 cm³/mol. The number of carbonyl (C=O) groups excluding carboxylic acids is 3. The summed E-state index contributed by atoms with van der Waals surface area (Å²) >= 11 is 0. The average Bonchev–Trinajstić information content (AvgIpc) is 3.28. The summed E-state index contributed by atoms with van der Waals surface area (Å²) in [6.45, 7) is 6.52. The summed E-state index contributed by atoms with van der Waals surface area (Å²) in [6.07, 6.45) is 64.7. The summed E-state index contributed by atoms with van der Waals surface area (Å²) in [5.41, 5.74) is 0. The monoisotopic (exact) mass is 879 g/mol. The van der Waals surface area contributed by atoms with Gasteiger partial charge in [-0.1, -0.05) is 216 Å². The zero-order valence-electron chi connectivity index (χ0n) is 41.3. The average molecular weight is 879 g/mol. The largest absolute Gasteiger partial charge is 0.462 e. The molecular weight excluding hydrogens is 781 g/mol. The van der Waals surface area contributed by atoms with Crippen LogP contribution in [0.3, 0.4) is 0 Å². The van der Waals surface area contributed by atoms with Crippen LogP contribution in [0.15, 0.2) is 72.9 Å². The molecule has 0 spiro atoms. The smallest absolute Gasteiger partial charge is 0.306 e. The van der Waals surface area contributed by atoms with Gasteiger partial charge in [-0.25, -0.2) is 0 Å². The molecule has 0 aromatic heterocycles. The third-order valence-corrected chi connectivity index (χ3v) is 11.2. The van der Waals surface area contributed by atoms with Crippen LogP contribution in [-0.4, -0.2) is 37.2 Å². The molecule has 63 heavy (non-hydrogen) atoms. The van der Waals surface area contributed by atoms with E-state index in [1.807, 2.05) is 6.08 Å². The predicted octanol–water partition coefficient (Wildman–Crippen LogP) is 17.4. The van der Waals surface area contributed by atoms with Gasteiger partial charge < -0.3 is 14.2 Å². The van der Waals surface area contributed by atoms with Gasteiger partial charge in [-0.2, -0.15) is 0 Å². The summed E-state index contributed by atoms with van der Waals surface area (Å²) in [6, 6.07) is 0. The van der Waals surface area contributed by atoms with E-state index in [-0.39, 0.29) is 44.0 Å². The number of unbranched alkanes of at least 4 members (excludes halogenated alkanes) is 26. The van der Waals surface area contributed by atoms with Crippen LogP contribution >= 0.6 is 0 Å². The van der Waals surface area contributed by atoms with Crippen LogP contribution in [0.1, 0.15) is 252 Å². The molecule has 0 rings (SSSR count). The molecule has 0 N–H and O–H groups in total. The summed E-state index contributed by atoms with van der Waals surface area (Å²) in [5.74, 6) is -1.04. The molecule has 0 fully saturated rings. The topological polar surface area (TPSA) is 78.9 Å².